The third kappa shape index (κ3) is 10.5. The fourth-order valence-corrected chi connectivity index (χ4v) is 3.13. The topological polar surface area (TPSA) is 58.7 Å². The molecule has 0 spiro atoms. The van der Waals surface area contributed by atoms with Gasteiger partial charge in [-0.1, -0.05) is 45.4 Å². The number of hydrogen-bond donors (Lipinski definition) is 0. The predicted molar refractivity (Wildman–Crippen MR) is 95.9 cm³/mol. The maximum Gasteiger partial charge on any atom is 0.233 e. The first-order valence-corrected chi connectivity index (χ1v) is 9.79. The molecule has 2 unspecified atom stereocenters. The Morgan fingerprint density at radius 2 is 1.56 bits per heavy atom. The van der Waals surface area contributed by atoms with Gasteiger partial charge in [0, 0.05) is 12.5 Å². The first-order valence-electron chi connectivity index (χ1n) is 9.79. The largest absolute Gasteiger partial charge is 0.379 e. The SMILES string of the molecule is CCCCCCCCC(CCCOCC1CO1)C(C)(OOC)OOC. The second kappa shape index (κ2) is 13.9. The molecule has 1 aliphatic rings. The van der Waals surface area contributed by atoms with Gasteiger partial charge in [0.25, 0.3) is 0 Å². The molecule has 150 valence electrons. The fraction of sp³-hybridized carbons (Fsp3) is 1.00. The van der Waals surface area contributed by atoms with Crippen molar-refractivity contribution in [2.24, 2.45) is 5.92 Å². The molecule has 0 aromatic carbocycles. The molecule has 6 nitrogen and oxygen atoms in total. The predicted octanol–water partition coefficient (Wildman–Crippen LogP) is 4.42. The van der Waals surface area contributed by atoms with Crippen molar-refractivity contribution in [3.63, 3.8) is 0 Å². The van der Waals surface area contributed by atoms with E-state index in [2.05, 4.69) is 6.92 Å². The zero-order valence-corrected chi connectivity index (χ0v) is 16.6. The maximum atomic E-state index is 5.64. The van der Waals surface area contributed by atoms with Crippen LogP contribution < -0.4 is 0 Å². The van der Waals surface area contributed by atoms with Crippen molar-refractivity contribution < 1.29 is 29.0 Å². The summed E-state index contributed by atoms with van der Waals surface area (Å²) >= 11 is 0. The smallest absolute Gasteiger partial charge is 0.233 e. The Balaban J connectivity index is 2.36. The van der Waals surface area contributed by atoms with Crippen molar-refractivity contribution in [3.8, 4) is 0 Å². The van der Waals surface area contributed by atoms with E-state index in [0.717, 1.165) is 38.9 Å². The molecule has 1 saturated heterocycles. The van der Waals surface area contributed by atoms with Gasteiger partial charge >= 0.3 is 0 Å². The van der Waals surface area contributed by atoms with E-state index in [9.17, 15) is 0 Å². The van der Waals surface area contributed by atoms with E-state index in [1.54, 1.807) is 0 Å². The van der Waals surface area contributed by atoms with E-state index >= 15 is 0 Å². The van der Waals surface area contributed by atoms with Crippen LogP contribution in [0, 0.1) is 5.92 Å². The summed E-state index contributed by atoms with van der Waals surface area (Å²) in [6.45, 7) is 6.37. The highest BCUT2D eigenvalue weighted by Gasteiger charge is 2.38. The van der Waals surface area contributed by atoms with Gasteiger partial charge in [0.05, 0.1) is 27.4 Å². The maximum absolute atomic E-state index is 5.64. The minimum atomic E-state index is -0.910. The Bertz CT molecular complexity index is 302. The van der Waals surface area contributed by atoms with Crippen molar-refractivity contribution in [1.82, 2.24) is 0 Å². The van der Waals surface area contributed by atoms with Crippen LogP contribution in [0.15, 0.2) is 0 Å². The van der Waals surface area contributed by atoms with Crippen LogP contribution in [0.4, 0.5) is 0 Å². The third-order valence-electron chi connectivity index (χ3n) is 4.69. The van der Waals surface area contributed by atoms with Gasteiger partial charge < -0.3 is 9.47 Å². The number of hydrogen-bond acceptors (Lipinski definition) is 6. The van der Waals surface area contributed by atoms with Crippen LogP contribution in [0.2, 0.25) is 0 Å². The van der Waals surface area contributed by atoms with Gasteiger partial charge in [-0.15, -0.1) is 0 Å². The molecule has 1 fully saturated rings. The van der Waals surface area contributed by atoms with Gasteiger partial charge in [0.15, 0.2) is 0 Å². The molecular formula is C19H38O6. The van der Waals surface area contributed by atoms with Gasteiger partial charge in [-0.25, -0.2) is 9.78 Å². The van der Waals surface area contributed by atoms with Gasteiger partial charge in [0.2, 0.25) is 5.79 Å². The third-order valence-corrected chi connectivity index (χ3v) is 4.69. The van der Waals surface area contributed by atoms with Crippen LogP contribution >= 0.6 is 0 Å². The molecule has 0 N–H and O–H groups in total. The van der Waals surface area contributed by atoms with E-state index in [0.29, 0.717) is 12.7 Å². The van der Waals surface area contributed by atoms with Gasteiger partial charge in [0.1, 0.15) is 6.10 Å². The van der Waals surface area contributed by atoms with Crippen molar-refractivity contribution in [2.45, 2.75) is 83.5 Å². The number of epoxide rings is 1. The standard InChI is InChI=1S/C19H38O6/c1-5-6-7-8-9-10-12-17(19(2,24-20-3)25-21-4)13-11-14-22-15-18-16-23-18/h17-18H,5-16H2,1-4H3. The van der Waals surface area contributed by atoms with Crippen molar-refractivity contribution in [3.05, 3.63) is 0 Å². The Kier molecular flexibility index (Phi) is 12.7. The average molecular weight is 363 g/mol. The van der Waals surface area contributed by atoms with Crippen molar-refractivity contribution >= 4 is 0 Å². The summed E-state index contributed by atoms with van der Waals surface area (Å²) in [7, 11) is 3.00. The van der Waals surface area contributed by atoms with Crippen LogP contribution in [0.25, 0.3) is 0 Å². The molecule has 1 rings (SSSR count). The van der Waals surface area contributed by atoms with Crippen LogP contribution in [-0.2, 0) is 29.0 Å². The summed E-state index contributed by atoms with van der Waals surface area (Å²) in [4.78, 5) is 20.7. The molecule has 1 heterocycles. The van der Waals surface area contributed by atoms with E-state index in [-0.39, 0.29) is 5.92 Å². The minimum Gasteiger partial charge on any atom is -0.379 e. The summed E-state index contributed by atoms with van der Waals surface area (Å²) < 4.78 is 10.8. The minimum absolute atomic E-state index is 0.180. The summed E-state index contributed by atoms with van der Waals surface area (Å²) in [5, 5.41) is 0. The lowest BCUT2D eigenvalue weighted by Gasteiger charge is -2.34. The number of ether oxygens (including phenoxy) is 2. The lowest BCUT2D eigenvalue weighted by Crippen LogP contribution is -2.40. The summed E-state index contributed by atoms with van der Waals surface area (Å²) in [6.07, 6.45) is 10.8. The Morgan fingerprint density at radius 3 is 2.16 bits per heavy atom. The molecule has 25 heavy (non-hydrogen) atoms. The monoisotopic (exact) mass is 362 g/mol. The fourth-order valence-electron chi connectivity index (χ4n) is 3.13. The lowest BCUT2D eigenvalue weighted by molar-refractivity contribution is -0.508. The van der Waals surface area contributed by atoms with E-state index in [4.69, 9.17) is 29.0 Å². The molecule has 0 amide bonds. The second-order valence-electron chi connectivity index (χ2n) is 6.94. The van der Waals surface area contributed by atoms with Crippen LogP contribution in [0.5, 0.6) is 0 Å². The molecule has 6 heteroatoms. The highest BCUT2D eigenvalue weighted by atomic mass is 17.3. The van der Waals surface area contributed by atoms with Crippen LogP contribution in [-0.4, -0.2) is 45.9 Å². The van der Waals surface area contributed by atoms with Gasteiger partial charge in [-0.3, -0.25) is 0 Å². The summed E-state index contributed by atoms with van der Waals surface area (Å²) in [5.74, 6) is -0.730. The number of rotatable bonds is 18. The Labute approximate surface area is 153 Å². The zero-order chi connectivity index (χ0) is 18.4. The normalized spacial score (nSPS) is 18.5. The van der Waals surface area contributed by atoms with Crippen molar-refractivity contribution in [2.75, 3.05) is 34.0 Å². The first kappa shape index (κ1) is 22.8. The first-order chi connectivity index (χ1) is 12.2. The average Bonchev–Trinajstić information content (AvgIpc) is 3.40. The van der Waals surface area contributed by atoms with E-state index in [1.165, 1.54) is 46.3 Å². The highest BCUT2D eigenvalue weighted by molar-refractivity contribution is 4.74. The van der Waals surface area contributed by atoms with Gasteiger partial charge in [-0.05, 0) is 26.2 Å². The summed E-state index contributed by atoms with van der Waals surface area (Å²) in [6, 6.07) is 0. The van der Waals surface area contributed by atoms with Gasteiger partial charge in [-0.2, -0.15) is 9.78 Å². The molecule has 0 radical (unpaired) electrons. The highest BCUT2D eigenvalue weighted by Crippen LogP contribution is 2.32. The molecular weight excluding hydrogens is 324 g/mol. The molecule has 0 bridgehead atoms. The summed E-state index contributed by atoms with van der Waals surface area (Å²) in [5.41, 5.74) is 0. The molecule has 2 atom stereocenters. The lowest BCUT2D eigenvalue weighted by atomic mass is 9.89. The Hall–Kier alpha value is -0.240. The van der Waals surface area contributed by atoms with E-state index < -0.39 is 5.79 Å². The Morgan fingerprint density at radius 1 is 0.960 bits per heavy atom. The molecule has 0 aromatic heterocycles. The van der Waals surface area contributed by atoms with Crippen molar-refractivity contribution in [1.29, 1.82) is 0 Å². The molecule has 0 aliphatic carbocycles. The molecule has 0 aromatic rings. The molecule has 0 saturated carbocycles. The van der Waals surface area contributed by atoms with E-state index in [1.807, 2.05) is 6.92 Å². The molecule has 1 aliphatic heterocycles. The second-order valence-corrected chi connectivity index (χ2v) is 6.94. The number of unbranched alkanes of at least 4 members (excludes halogenated alkanes) is 5. The van der Waals surface area contributed by atoms with Crippen LogP contribution in [0.3, 0.4) is 0 Å². The quantitative estimate of drug-likeness (QED) is 0.118. The zero-order valence-electron chi connectivity index (χ0n) is 16.6. The van der Waals surface area contributed by atoms with Crippen LogP contribution in [0.1, 0.15) is 71.6 Å².